The van der Waals surface area contributed by atoms with Gasteiger partial charge in [-0.25, -0.2) is 0 Å². The lowest BCUT2D eigenvalue weighted by atomic mass is 10.1. The maximum absolute atomic E-state index is 5.94. The van der Waals surface area contributed by atoms with Gasteiger partial charge >= 0.3 is 0 Å². The monoisotopic (exact) mass is 242 g/mol. The van der Waals surface area contributed by atoms with Crippen LogP contribution in [0.4, 0.5) is 0 Å². The van der Waals surface area contributed by atoms with Crippen molar-refractivity contribution >= 4 is 0 Å². The standard InChI is InChI=1S/C13H26N2O2/c1-11(2)15-6-7-16-13(9-15)10-17-12-4-3-5-14-8-12/h11-14H,3-10H2,1-2H3/t12-,13?/m0/s1. The zero-order chi connectivity index (χ0) is 12.1. The van der Waals surface area contributed by atoms with E-state index in [4.69, 9.17) is 9.47 Å². The van der Waals surface area contributed by atoms with Crippen LogP contribution in [0.3, 0.4) is 0 Å². The van der Waals surface area contributed by atoms with Crippen LogP contribution in [0.5, 0.6) is 0 Å². The van der Waals surface area contributed by atoms with E-state index in [1.165, 1.54) is 12.8 Å². The largest absolute Gasteiger partial charge is 0.374 e. The molecule has 4 nitrogen and oxygen atoms in total. The van der Waals surface area contributed by atoms with Crippen molar-refractivity contribution in [2.75, 3.05) is 39.4 Å². The first-order valence-electron chi connectivity index (χ1n) is 6.93. The van der Waals surface area contributed by atoms with Gasteiger partial charge in [0.05, 0.1) is 25.4 Å². The first-order chi connectivity index (χ1) is 8.25. The fourth-order valence-electron chi connectivity index (χ4n) is 2.52. The summed E-state index contributed by atoms with van der Waals surface area (Å²) >= 11 is 0. The number of rotatable bonds is 4. The average molecular weight is 242 g/mol. The molecule has 17 heavy (non-hydrogen) atoms. The molecule has 0 spiro atoms. The van der Waals surface area contributed by atoms with Gasteiger partial charge in [0.25, 0.3) is 0 Å². The molecule has 0 amide bonds. The van der Waals surface area contributed by atoms with Crippen LogP contribution in [0.1, 0.15) is 26.7 Å². The van der Waals surface area contributed by atoms with Gasteiger partial charge in [-0.05, 0) is 33.2 Å². The molecule has 1 N–H and O–H groups in total. The molecule has 0 bridgehead atoms. The second kappa shape index (κ2) is 6.69. The van der Waals surface area contributed by atoms with Gasteiger partial charge in [0.15, 0.2) is 0 Å². The molecular formula is C13H26N2O2. The summed E-state index contributed by atoms with van der Waals surface area (Å²) in [5, 5.41) is 3.37. The Morgan fingerprint density at radius 2 is 2.35 bits per heavy atom. The SMILES string of the molecule is CC(C)N1CCOC(CO[C@H]2CCCNC2)C1. The van der Waals surface area contributed by atoms with E-state index in [-0.39, 0.29) is 6.10 Å². The number of nitrogens with one attached hydrogen (secondary N) is 1. The smallest absolute Gasteiger partial charge is 0.0935 e. The number of morpholine rings is 1. The molecule has 0 saturated carbocycles. The van der Waals surface area contributed by atoms with Gasteiger partial charge in [-0.15, -0.1) is 0 Å². The van der Waals surface area contributed by atoms with Crippen LogP contribution in [-0.4, -0.2) is 62.5 Å². The first-order valence-corrected chi connectivity index (χ1v) is 6.93. The number of hydrogen-bond donors (Lipinski definition) is 1. The van der Waals surface area contributed by atoms with Crippen molar-refractivity contribution in [1.82, 2.24) is 10.2 Å². The highest BCUT2D eigenvalue weighted by Crippen LogP contribution is 2.12. The molecule has 0 aromatic heterocycles. The highest BCUT2D eigenvalue weighted by atomic mass is 16.5. The van der Waals surface area contributed by atoms with E-state index in [1.54, 1.807) is 0 Å². The lowest BCUT2D eigenvalue weighted by molar-refractivity contribution is -0.0929. The maximum Gasteiger partial charge on any atom is 0.0935 e. The third-order valence-corrected chi connectivity index (χ3v) is 3.67. The molecule has 2 aliphatic heterocycles. The molecule has 0 aromatic rings. The minimum Gasteiger partial charge on any atom is -0.374 e. The van der Waals surface area contributed by atoms with Gasteiger partial charge < -0.3 is 14.8 Å². The Morgan fingerprint density at radius 1 is 1.47 bits per heavy atom. The molecule has 0 radical (unpaired) electrons. The van der Waals surface area contributed by atoms with Crippen molar-refractivity contribution in [1.29, 1.82) is 0 Å². The number of hydrogen-bond acceptors (Lipinski definition) is 4. The Hall–Kier alpha value is -0.160. The summed E-state index contributed by atoms with van der Waals surface area (Å²) in [5.41, 5.74) is 0. The topological polar surface area (TPSA) is 33.7 Å². The summed E-state index contributed by atoms with van der Waals surface area (Å²) in [6.45, 7) is 10.3. The van der Waals surface area contributed by atoms with Crippen molar-refractivity contribution in [3.8, 4) is 0 Å². The van der Waals surface area contributed by atoms with Crippen LogP contribution in [0.2, 0.25) is 0 Å². The predicted octanol–water partition coefficient (Wildman–Crippen LogP) is 0.864. The summed E-state index contributed by atoms with van der Waals surface area (Å²) < 4.78 is 11.7. The summed E-state index contributed by atoms with van der Waals surface area (Å²) in [7, 11) is 0. The zero-order valence-corrected chi connectivity index (χ0v) is 11.2. The van der Waals surface area contributed by atoms with Gasteiger partial charge in [0.1, 0.15) is 0 Å². The van der Waals surface area contributed by atoms with Crippen LogP contribution in [0.15, 0.2) is 0 Å². The molecule has 4 heteroatoms. The predicted molar refractivity (Wildman–Crippen MR) is 68.3 cm³/mol. The third-order valence-electron chi connectivity index (χ3n) is 3.67. The fraction of sp³-hybridized carbons (Fsp3) is 1.00. The molecule has 0 aliphatic carbocycles. The third kappa shape index (κ3) is 4.21. The van der Waals surface area contributed by atoms with Crippen LogP contribution in [0.25, 0.3) is 0 Å². The van der Waals surface area contributed by atoms with Crippen molar-refractivity contribution < 1.29 is 9.47 Å². The molecular weight excluding hydrogens is 216 g/mol. The Labute approximate surface area is 105 Å². The highest BCUT2D eigenvalue weighted by Gasteiger charge is 2.23. The van der Waals surface area contributed by atoms with Crippen LogP contribution < -0.4 is 5.32 Å². The molecule has 2 atom stereocenters. The van der Waals surface area contributed by atoms with Crippen molar-refractivity contribution in [3.05, 3.63) is 0 Å². The molecule has 1 unspecified atom stereocenters. The van der Waals surface area contributed by atoms with Gasteiger partial charge in [0.2, 0.25) is 0 Å². The van der Waals surface area contributed by atoms with E-state index < -0.39 is 0 Å². The van der Waals surface area contributed by atoms with Gasteiger partial charge in [-0.2, -0.15) is 0 Å². The van der Waals surface area contributed by atoms with Gasteiger partial charge in [-0.3, -0.25) is 4.90 Å². The summed E-state index contributed by atoms with van der Waals surface area (Å²) in [6, 6.07) is 0.609. The van der Waals surface area contributed by atoms with E-state index in [0.717, 1.165) is 39.4 Å². The van der Waals surface area contributed by atoms with E-state index in [1.807, 2.05) is 0 Å². The number of ether oxygens (including phenoxy) is 2. The zero-order valence-electron chi connectivity index (χ0n) is 11.2. The van der Waals surface area contributed by atoms with Crippen molar-refractivity contribution in [3.63, 3.8) is 0 Å². The van der Waals surface area contributed by atoms with E-state index >= 15 is 0 Å². The fourth-order valence-corrected chi connectivity index (χ4v) is 2.52. The second-order valence-corrected chi connectivity index (χ2v) is 5.38. The minimum absolute atomic E-state index is 0.257. The van der Waals surface area contributed by atoms with E-state index in [9.17, 15) is 0 Å². The van der Waals surface area contributed by atoms with Crippen molar-refractivity contribution in [2.45, 2.75) is 44.9 Å². The highest BCUT2D eigenvalue weighted by molar-refractivity contribution is 4.75. The Kier molecular flexibility index (Phi) is 5.22. The lowest BCUT2D eigenvalue weighted by Gasteiger charge is -2.36. The maximum atomic E-state index is 5.94. The normalized spacial score (nSPS) is 31.9. The molecule has 0 aromatic carbocycles. The Bertz CT molecular complexity index is 217. The van der Waals surface area contributed by atoms with Gasteiger partial charge in [0, 0.05) is 25.7 Å². The number of piperidine rings is 1. The van der Waals surface area contributed by atoms with E-state index in [2.05, 4.69) is 24.1 Å². The quantitative estimate of drug-likeness (QED) is 0.793. The Balaban J connectivity index is 1.67. The molecule has 2 heterocycles. The molecule has 2 fully saturated rings. The summed E-state index contributed by atoms with van der Waals surface area (Å²) in [5.74, 6) is 0. The van der Waals surface area contributed by atoms with Crippen LogP contribution >= 0.6 is 0 Å². The van der Waals surface area contributed by atoms with E-state index in [0.29, 0.717) is 12.1 Å². The summed E-state index contributed by atoms with van der Waals surface area (Å²) in [4.78, 5) is 2.47. The summed E-state index contributed by atoms with van der Waals surface area (Å²) in [6.07, 6.45) is 3.07. The average Bonchev–Trinajstić information content (AvgIpc) is 2.38. The molecule has 2 aliphatic rings. The van der Waals surface area contributed by atoms with Crippen LogP contribution in [-0.2, 0) is 9.47 Å². The number of nitrogens with zero attached hydrogens (tertiary/aromatic N) is 1. The molecule has 100 valence electrons. The molecule has 2 saturated heterocycles. The minimum atomic E-state index is 0.257. The van der Waals surface area contributed by atoms with Crippen molar-refractivity contribution in [2.24, 2.45) is 0 Å². The second-order valence-electron chi connectivity index (χ2n) is 5.38. The lowest BCUT2D eigenvalue weighted by Crippen LogP contribution is -2.48. The van der Waals surface area contributed by atoms with Gasteiger partial charge in [-0.1, -0.05) is 0 Å². The first kappa shape index (κ1) is 13.3. The Morgan fingerprint density at radius 3 is 3.06 bits per heavy atom. The van der Waals surface area contributed by atoms with Crippen LogP contribution in [0, 0.1) is 0 Å². The molecule has 2 rings (SSSR count).